The van der Waals surface area contributed by atoms with Crippen molar-refractivity contribution in [3.05, 3.63) is 34.2 Å². The van der Waals surface area contributed by atoms with Gasteiger partial charge >= 0.3 is 0 Å². The van der Waals surface area contributed by atoms with Crippen molar-refractivity contribution in [3.63, 3.8) is 0 Å². The number of anilines is 4. The molecule has 2 aromatic rings. The molecule has 0 spiro atoms. The summed E-state index contributed by atoms with van der Waals surface area (Å²) in [5, 5.41) is 10.1. The summed E-state index contributed by atoms with van der Waals surface area (Å²) >= 11 is 0. The highest BCUT2D eigenvalue weighted by molar-refractivity contribution is 5.64. The number of nitrogens with zero attached hydrogens (tertiary/aromatic N) is 3. The third-order valence-electron chi connectivity index (χ3n) is 5.13. The molecule has 9 nitrogen and oxygen atoms in total. The molecule has 4 rings (SSSR count). The zero-order chi connectivity index (χ0) is 19.3. The largest absolute Gasteiger partial charge is 0.378 e. The fourth-order valence-corrected chi connectivity index (χ4v) is 3.59. The monoisotopic (exact) mass is 385 g/mol. The number of pyridine rings is 1. The highest BCUT2D eigenvalue weighted by Crippen LogP contribution is 2.28. The van der Waals surface area contributed by atoms with Crippen LogP contribution in [0.25, 0.3) is 0 Å². The first kappa shape index (κ1) is 18.7. The van der Waals surface area contributed by atoms with Crippen LogP contribution in [0.4, 0.5) is 23.3 Å². The van der Waals surface area contributed by atoms with E-state index in [0.717, 1.165) is 56.2 Å². The number of aromatic amines is 1. The number of nitrogens with one attached hydrogen (secondary N) is 4. The molecule has 4 heterocycles. The van der Waals surface area contributed by atoms with Crippen LogP contribution in [-0.2, 0) is 4.74 Å². The summed E-state index contributed by atoms with van der Waals surface area (Å²) in [6.07, 6.45) is 3.85. The number of H-pyrrole nitrogens is 1. The Kier molecular flexibility index (Phi) is 5.73. The number of morpholine rings is 1. The Balaban J connectivity index is 1.67. The predicted octanol–water partition coefficient (Wildman–Crippen LogP) is 1.22. The van der Waals surface area contributed by atoms with Gasteiger partial charge in [-0.3, -0.25) is 4.79 Å². The third-order valence-corrected chi connectivity index (χ3v) is 5.13. The van der Waals surface area contributed by atoms with Crippen molar-refractivity contribution in [2.75, 3.05) is 54.9 Å². The zero-order valence-electron chi connectivity index (χ0n) is 16.1. The van der Waals surface area contributed by atoms with E-state index >= 15 is 0 Å². The smallest absolute Gasteiger partial charge is 0.271 e. The van der Waals surface area contributed by atoms with Gasteiger partial charge in [0.05, 0.1) is 13.2 Å². The van der Waals surface area contributed by atoms with Crippen LogP contribution in [0.1, 0.15) is 18.4 Å². The molecule has 2 aromatic heterocycles. The molecule has 28 heavy (non-hydrogen) atoms. The molecule has 0 radical (unpaired) electrons. The second-order valence-corrected chi connectivity index (χ2v) is 7.17. The van der Waals surface area contributed by atoms with Crippen LogP contribution in [0, 0.1) is 6.92 Å². The summed E-state index contributed by atoms with van der Waals surface area (Å²) in [4.78, 5) is 26.3. The minimum atomic E-state index is -0.203. The van der Waals surface area contributed by atoms with Gasteiger partial charge in [0.15, 0.2) is 0 Å². The van der Waals surface area contributed by atoms with Crippen molar-refractivity contribution in [1.82, 2.24) is 20.3 Å². The van der Waals surface area contributed by atoms with E-state index in [2.05, 4.69) is 30.8 Å². The first-order valence-corrected chi connectivity index (χ1v) is 9.84. The molecule has 0 saturated carbocycles. The van der Waals surface area contributed by atoms with Gasteiger partial charge in [-0.1, -0.05) is 0 Å². The van der Waals surface area contributed by atoms with Gasteiger partial charge in [0.1, 0.15) is 17.3 Å². The standard InChI is InChI=1S/C19H27N7O2/c1-13-16(22-14-4-2-6-20-12-14)24-19(23-15-5-3-7-21-18(15)27)25-17(13)26-8-10-28-11-9-26/h3,5,7,14,20H,2,4,6,8-12H2,1H3,(H,21,27)(H2,22,23,24,25)/t14-/m1/s1. The van der Waals surface area contributed by atoms with Crippen LogP contribution in [-0.4, -0.2) is 60.4 Å². The second-order valence-electron chi connectivity index (χ2n) is 7.17. The molecule has 0 unspecified atom stereocenters. The Labute approximate surface area is 163 Å². The zero-order valence-corrected chi connectivity index (χ0v) is 16.1. The van der Waals surface area contributed by atoms with Crippen molar-refractivity contribution in [2.45, 2.75) is 25.8 Å². The SMILES string of the molecule is Cc1c(N[C@@H]2CCCNC2)nc(Nc2ccc[nH]c2=O)nc1N1CCOCC1. The molecule has 1 atom stereocenters. The minimum absolute atomic E-state index is 0.203. The van der Waals surface area contributed by atoms with Crippen LogP contribution in [0.3, 0.4) is 0 Å². The Bertz CT molecular complexity index is 858. The lowest BCUT2D eigenvalue weighted by Gasteiger charge is -2.31. The molecule has 0 bridgehead atoms. The maximum atomic E-state index is 12.1. The van der Waals surface area contributed by atoms with Gasteiger partial charge in [-0.25, -0.2) is 0 Å². The number of piperidine rings is 1. The highest BCUT2D eigenvalue weighted by Gasteiger charge is 2.21. The normalized spacial score (nSPS) is 20.0. The fraction of sp³-hybridized carbons (Fsp3) is 0.526. The van der Waals surface area contributed by atoms with E-state index in [1.165, 1.54) is 0 Å². The molecule has 9 heteroatoms. The van der Waals surface area contributed by atoms with E-state index in [1.54, 1.807) is 18.3 Å². The Morgan fingerprint density at radius 1 is 1.29 bits per heavy atom. The van der Waals surface area contributed by atoms with Crippen LogP contribution in [0.2, 0.25) is 0 Å². The number of rotatable bonds is 5. The number of hydrogen-bond acceptors (Lipinski definition) is 8. The Morgan fingerprint density at radius 3 is 2.89 bits per heavy atom. The summed E-state index contributed by atoms with van der Waals surface area (Å²) < 4.78 is 5.48. The van der Waals surface area contributed by atoms with Crippen molar-refractivity contribution in [2.24, 2.45) is 0 Å². The molecule has 0 aromatic carbocycles. The average Bonchev–Trinajstić information content (AvgIpc) is 2.73. The molecular weight excluding hydrogens is 358 g/mol. The summed E-state index contributed by atoms with van der Waals surface area (Å²) in [5.41, 5.74) is 1.23. The van der Waals surface area contributed by atoms with Crippen LogP contribution in [0.15, 0.2) is 23.1 Å². The molecule has 4 N–H and O–H groups in total. The summed E-state index contributed by atoms with van der Waals surface area (Å²) in [6, 6.07) is 3.82. The topological polar surface area (TPSA) is 107 Å². The molecule has 2 aliphatic heterocycles. The molecule has 2 saturated heterocycles. The van der Waals surface area contributed by atoms with Gasteiger partial charge in [0, 0.05) is 37.4 Å². The van der Waals surface area contributed by atoms with Gasteiger partial charge in [-0.2, -0.15) is 9.97 Å². The van der Waals surface area contributed by atoms with E-state index in [-0.39, 0.29) is 5.56 Å². The lowest BCUT2D eigenvalue weighted by Crippen LogP contribution is -2.39. The number of ether oxygens (including phenoxy) is 1. The van der Waals surface area contributed by atoms with Crippen molar-refractivity contribution < 1.29 is 4.74 Å². The van der Waals surface area contributed by atoms with Crippen molar-refractivity contribution >= 4 is 23.3 Å². The first-order chi connectivity index (χ1) is 13.7. The van der Waals surface area contributed by atoms with Crippen LogP contribution < -0.4 is 26.4 Å². The van der Waals surface area contributed by atoms with E-state index in [0.29, 0.717) is 30.9 Å². The van der Waals surface area contributed by atoms with Crippen molar-refractivity contribution in [1.29, 1.82) is 0 Å². The maximum Gasteiger partial charge on any atom is 0.271 e. The van der Waals surface area contributed by atoms with E-state index < -0.39 is 0 Å². The van der Waals surface area contributed by atoms with Gasteiger partial charge < -0.3 is 30.6 Å². The van der Waals surface area contributed by atoms with Crippen LogP contribution >= 0.6 is 0 Å². The molecule has 150 valence electrons. The maximum absolute atomic E-state index is 12.1. The fourth-order valence-electron chi connectivity index (χ4n) is 3.59. The summed E-state index contributed by atoms with van der Waals surface area (Å²) in [5.74, 6) is 2.09. The lowest BCUT2D eigenvalue weighted by atomic mass is 10.1. The lowest BCUT2D eigenvalue weighted by molar-refractivity contribution is 0.122. The Morgan fingerprint density at radius 2 is 2.14 bits per heavy atom. The summed E-state index contributed by atoms with van der Waals surface area (Å²) in [7, 11) is 0. The Hall–Kier alpha value is -2.65. The predicted molar refractivity (Wildman–Crippen MR) is 110 cm³/mol. The molecular formula is C19H27N7O2. The molecule has 2 aliphatic rings. The average molecular weight is 385 g/mol. The quantitative estimate of drug-likeness (QED) is 0.609. The van der Waals surface area contributed by atoms with E-state index in [4.69, 9.17) is 9.72 Å². The van der Waals surface area contributed by atoms with E-state index in [1.807, 2.05) is 6.92 Å². The van der Waals surface area contributed by atoms with Crippen LogP contribution in [0.5, 0.6) is 0 Å². The number of aromatic nitrogens is 3. The molecule has 0 aliphatic carbocycles. The highest BCUT2D eigenvalue weighted by atomic mass is 16.5. The minimum Gasteiger partial charge on any atom is -0.378 e. The van der Waals surface area contributed by atoms with Gasteiger partial charge in [-0.05, 0) is 38.4 Å². The van der Waals surface area contributed by atoms with Crippen molar-refractivity contribution in [3.8, 4) is 0 Å². The van der Waals surface area contributed by atoms with Gasteiger partial charge in [0.25, 0.3) is 5.56 Å². The van der Waals surface area contributed by atoms with Gasteiger partial charge in [-0.15, -0.1) is 0 Å². The summed E-state index contributed by atoms with van der Waals surface area (Å²) in [6.45, 7) is 6.95. The third kappa shape index (κ3) is 4.26. The molecule has 0 amide bonds. The number of hydrogen-bond donors (Lipinski definition) is 4. The van der Waals surface area contributed by atoms with E-state index in [9.17, 15) is 4.79 Å². The first-order valence-electron chi connectivity index (χ1n) is 9.84. The second kappa shape index (κ2) is 8.57. The molecule has 2 fully saturated rings. The van der Waals surface area contributed by atoms with Gasteiger partial charge in [0.2, 0.25) is 5.95 Å².